The molecule has 2 atom stereocenters. The molecule has 0 unspecified atom stereocenters. The molecule has 128 valence electrons. The summed E-state index contributed by atoms with van der Waals surface area (Å²) in [6.45, 7) is 2.23. The molecule has 1 aromatic heterocycles. The summed E-state index contributed by atoms with van der Waals surface area (Å²) in [5, 5.41) is 1.25. The van der Waals surface area contributed by atoms with Gasteiger partial charge in [-0.3, -0.25) is 9.36 Å². The predicted octanol–water partition coefficient (Wildman–Crippen LogP) is 5.28. The van der Waals surface area contributed by atoms with Crippen molar-refractivity contribution in [3.05, 3.63) is 35.5 Å². The lowest BCUT2D eigenvalue weighted by Gasteiger charge is -2.43. The average molecular weight is 325 g/mol. The second-order valence-electron chi connectivity index (χ2n) is 7.53. The molecule has 2 bridgehead atoms. The molecule has 3 nitrogen and oxygen atoms in total. The van der Waals surface area contributed by atoms with E-state index in [4.69, 9.17) is 4.74 Å². The lowest BCUT2D eigenvalue weighted by atomic mass is 9.68. The van der Waals surface area contributed by atoms with Gasteiger partial charge in [0, 0.05) is 24.3 Å². The van der Waals surface area contributed by atoms with Crippen LogP contribution in [0.3, 0.4) is 0 Å². The van der Waals surface area contributed by atoms with E-state index in [1.165, 1.54) is 36.6 Å². The van der Waals surface area contributed by atoms with Crippen molar-refractivity contribution < 1.29 is 9.53 Å². The van der Waals surface area contributed by atoms with Gasteiger partial charge in [-0.1, -0.05) is 44.4 Å². The van der Waals surface area contributed by atoms with E-state index in [1.54, 1.807) is 0 Å². The van der Waals surface area contributed by atoms with Gasteiger partial charge in [0.05, 0.1) is 11.2 Å². The zero-order valence-corrected chi connectivity index (χ0v) is 14.8. The summed E-state index contributed by atoms with van der Waals surface area (Å²) < 4.78 is 8.07. The van der Waals surface area contributed by atoms with E-state index < -0.39 is 0 Å². The number of benzene rings is 1. The van der Waals surface area contributed by atoms with Gasteiger partial charge in [0.2, 0.25) is 5.91 Å². The molecule has 3 heteroatoms. The molecule has 1 aliphatic heterocycles. The smallest absolute Gasteiger partial charge is 0.232 e. The van der Waals surface area contributed by atoms with Gasteiger partial charge >= 0.3 is 0 Å². The van der Waals surface area contributed by atoms with Crippen molar-refractivity contribution in [1.29, 1.82) is 0 Å². The van der Waals surface area contributed by atoms with Crippen molar-refractivity contribution in [3.8, 4) is 0 Å². The minimum Gasteiger partial charge on any atom is -0.375 e. The van der Waals surface area contributed by atoms with E-state index in [-0.39, 0.29) is 17.4 Å². The number of hydrogen-bond acceptors (Lipinski definition) is 2. The molecule has 2 heterocycles. The average Bonchev–Trinajstić information content (AvgIpc) is 2.93. The van der Waals surface area contributed by atoms with Gasteiger partial charge in [-0.15, -0.1) is 0 Å². The Labute approximate surface area is 144 Å². The molecule has 1 aromatic carbocycles. The number of ether oxygens (including phenoxy) is 1. The van der Waals surface area contributed by atoms with Crippen molar-refractivity contribution in [2.24, 2.45) is 5.41 Å². The SMILES string of the molecule is CC[C@]12CCCCCCc3c(n(c4ccccc34)C(=O)C1)[C@H]2OC. The first-order valence-corrected chi connectivity index (χ1v) is 9.40. The molecular weight excluding hydrogens is 298 g/mol. The zero-order valence-electron chi connectivity index (χ0n) is 14.8. The highest BCUT2D eigenvalue weighted by atomic mass is 16.5. The van der Waals surface area contributed by atoms with Crippen molar-refractivity contribution in [2.75, 3.05) is 7.11 Å². The fraction of sp³-hybridized carbons (Fsp3) is 0.571. The maximum Gasteiger partial charge on any atom is 0.232 e. The molecule has 0 spiro atoms. The number of para-hydroxylation sites is 1. The summed E-state index contributed by atoms with van der Waals surface area (Å²) in [4.78, 5) is 13.2. The number of aryl methyl sites for hydroxylation is 1. The second-order valence-corrected chi connectivity index (χ2v) is 7.53. The Morgan fingerprint density at radius 2 is 2.00 bits per heavy atom. The molecule has 0 radical (unpaired) electrons. The summed E-state index contributed by atoms with van der Waals surface area (Å²) in [7, 11) is 1.82. The number of hydrogen-bond donors (Lipinski definition) is 0. The Balaban J connectivity index is 2.04. The van der Waals surface area contributed by atoms with E-state index in [0.717, 1.165) is 30.5 Å². The molecular formula is C21H27NO2. The first kappa shape index (κ1) is 15.9. The highest BCUT2D eigenvalue weighted by Crippen LogP contribution is 2.53. The van der Waals surface area contributed by atoms with Crippen LogP contribution >= 0.6 is 0 Å². The van der Waals surface area contributed by atoms with Gasteiger partial charge in [0.1, 0.15) is 6.10 Å². The van der Waals surface area contributed by atoms with Crippen LogP contribution in [-0.4, -0.2) is 17.6 Å². The van der Waals surface area contributed by atoms with Crippen molar-refractivity contribution in [3.63, 3.8) is 0 Å². The Hall–Kier alpha value is -1.61. The molecule has 2 aromatic rings. The van der Waals surface area contributed by atoms with Crippen LogP contribution in [0.4, 0.5) is 0 Å². The summed E-state index contributed by atoms with van der Waals surface area (Å²) in [6, 6.07) is 8.39. The third-order valence-electron chi connectivity index (χ3n) is 6.37. The third-order valence-corrected chi connectivity index (χ3v) is 6.37. The van der Waals surface area contributed by atoms with Crippen molar-refractivity contribution in [2.45, 2.75) is 64.4 Å². The number of rotatable bonds is 2. The van der Waals surface area contributed by atoms with Gasteiger partial charge < -0.3 is 4.74 Å². The van der Waals surface area contributed by atoms with E-state index in [9.17, 15) is 4.79 Å². The minimum atomic E-state index is -0.0394. The Kier molecular flexibility index (Phi) is 4.00. The number of fused-ring (bicyclic) bond motifs is 4. The molecule has 0 N–H and O–H groups in total. The van der Waals surface area contributed by atoms with Crippen molar-refractivity contribution >= 4 is 16.8 Å². The largest absolute Gasteiger partial charge is 0.375 e. The Bertz CT molecular complexity index is 775. The summed E-state index contributed by atoms with van der Waals surface area (Å²) >= 11 is 0. The van der Waals surface area contributed by atoms with E-state index in [0.29, 0.717) is 6.42 Å². The van der Waals surface area contributed by atoms with Crippen LogP contribution in [0.5, 0.6) is 0 Å². The van der Waals surface area contributed by atoms with E-state index in [2.05, 4.69) is 25.1 Å². The van der Waals surface area contributed by atoms with Crippen LogP contribution in [0.25, 0.3) is 10.9 Å². The molecule has 0 amide bonds. The summed E-state index contributed by atoms with van der Waals surface area (Å²) in [5.74, 6) is 0.253. The lowest BCUT2D eigenvalue weighted by molar-refractivity contribution is -0.0414. The Morgan fingerprint density at radius 1 is 1.21 bits per heavy atom. The highest BCUT2D eigenvalue weighted by molar-refractivity contribution is 5.97. The molecule has 1 aliphatic carbocycles. The molecule has 24 heavy (non-hydrogen) atoms. The van der Waals surface area contributed by atoms with Crippen LogP contribution in [0, 0.1) is 5.41 Å². The molecule has 0 saturated heterocycles. The predicted molar refractivity (Wildman–Crippen MR) is 96.4 cm³/mol. The molecule has 0 fully saturated rings. The second kappa shape index (κ2) is 6.03. The monoisotopic (exact) mass is 325 g/mol. The number of carbonyl (C=O) groups is 1. The van der Waals surface area contributed by atoms with Crippen LogP contribution < -0.4 is 0 Å². The van der Waals surface area contributed by atoms with Crippen LogP contribution in [0.2, 0.25) is 0 Å². The first-order chi connectivity index (χ1) is 11.7. The van der Waals surface area contributed by atoms with Crippen LogP contribution in [0.15, 0.2) is 24.3 Å². The van der Waals surface area contributed by atoms with Crippen LogP contribution in [0.1, 0.15) is 74.0 Å². The number of carbonyl (C=O) groups excluding carboxylic acids is 1. The normalized spacial score (nSPS) is 27.4. The fourth-order valence-electron chi connectivity index (χ4n) is 5.10. The summed E-state index contributed by atoms with van der Waals surface area (Å²) in [5.41, 5.74) is 3.53. The van der Waals surface area contributed by atoms with Crippen molar-refractivity contribution in [1.82, 2.24) is 4.57 Å². The topological polar surface area (TPSA) is 31.2 Å². The summed E-state index contributed by atoms with van der Waals surface area (Å²) in [6.07, 6.45) is 8.72. The van der Waals surface area contributed by atoms with Gasteiger partial charge in [-0.25, -0.2) is 0 Å². The standard InChI is InChI=1S/C21H27NO2/c1-3-21-13-9-5-4-6-11-16-15-10-7-8-12-17(15)22(18(23)14-21)19(16)20(21)24-2/h7-8,10,12,20H,3-6,9,11,13-14H2,1-2H3/t20-,21+/m1/s1. The maximum absolute atomic E-state index is 13.2. The Morgan fingerprint density at radius 3 is 2.79 bits per heavy atom. The zero-order chi connectivity index (χ0) is 16.7. The van der Waals surface area contributed by atoms with E-state index in [1.807, 2.05) is 17.7 Å². The molecule has 0 saturated carbocycles. The lowest BCUT2D eigenvalue weighted by Crippen LogP contribution is -2.41. The van der Waals surface area contributed by atoms with Gasteiger partial charge in [0.25, 0.3) is 0 Å². The molecule has 4 rings (SSSR count). The van der Waals surface area contributed by atoms with Gasteiger partial charge in [-0.2, -0.15) is 0 Å². The number of aromatic nitrogens is 1. The first-order valence-electron chi connectivity index (χ1n) is 9.40. The molecule has 2 aliphatic rings. The quantitative estimate of drug-likeness (QED) is 0.752. The third kappa shape index (κ3) is 2.17. The van der Waals surface area contributed by atoms with Crippen LogP contribution in [-0.2, 0) is 11.2 Å². The van der Waals surface area contributed by atoms with Gasteiger partial charge in [-0.05, 0) is 37.3 Å². The van der Waals surface area contributed by atoms with Gasteiger partial charge in [0.15, 0.2) is 0 Å². The maximum atomic E-state index is 13.2. The number of methoxy groups -OCH3 is 1. The highest BCUT2D eigenvalue weighted by Gasteiger charge is 2.47. The van der Waals surface area contributed by atoms with E-state index >= 15 is 0 Å². The minimum absolute atomic E-state index is 0.0284. The fourth-order valence-corrected chi connectivity index (χ4v) is 5.10. The number of nitrogens with zero attached hydrogens (tertiary/aromatic N) is 1.